The Morgan fingerprint density at radius 3 is 2.78 bits per heavy atom. The summed E-state index contributed by atoms with van der Waals surface area (Å²) >= 11 is 0. The molecule has 0 radical (unpaired) electrons. The van der Waals surface area contributed by atoms with Gasteiger partial charge in [-0.3, -0.25) is 4.79 Å². The van der Waals surface area contributed by atoms with Crippen molar-refractivity contribution in [3.05, 3.63) is 35.6 Å². The van der Waals surface area contributed by atoms with Gasteiger partial charge in [0.25, 0.3) is 0 Å². The lowest BCUT2D eigenvalue weighted by atomic mass is 10.1. The lowest BCUT2D eigenvalue weighted by Crippen LogP contribution is -2.36. The maximum Gasteiger partial charge on any atom is 0.221 e. The molecule has 0 aromatic heterocycles. The zero-order valence-electron chi connectivity index (χ0n) is 13.3. The molecule has 1 saturated heterocycles. The zero-order chi connectivity index (χ0) is 16.9. The number of carbonyl (C=O) groups excluding carboxylic acids is 1. The van der Waals surface area contributed by atoms with Crippen molar-refractivity contribution in [3.8, 4) is 0 Å². The first kappa shape index (κ1) is 17.9. The topological polar surface area (TPSA) is 66.5 Å². The lowest BCUT2D eigenvalue weighted by Gasteiger charge is -2.22. The Labute approximate surface area is 136 Å². The number of rotatable bonds is 7. The van der Waals surface area contributed by atoms with Crippen LogP contribution in [0.5, 0.6) is 0 Å². The maximum absolute atomic E-state index is 13.4. The molecule has 1 aromatic carbocycles. The average Bonchev–Trinajstić information content (AvgIpc) is 2.87. The van der Waals surface area contributed by atoms with Crippen LogP contribution in [0.2, 0.25) is 0 Å². The number of sulfone groups is 1. The van der Waals surface area contributed by atoms with E-state index in [1.54, 1.807) is 18.2 Å². The van der Waals surface area contributed by atoms with Gasteiger partial charge in [0.15, 0.2) is 9.84 Å². The Kier molecular flexibility index (Phi) is 6.12. The highest BCUT2D eigenvalue weighted by Crippen LogP contribution is 2.16. The molecule has 1 atom stereocenters. The predicted molar refractivity (Wildman–Crippen MR) is 87.4 cm³/mol. The number of amides is 1. The van der Waals surface area contributed by atoms with Gasteiger partial charge >= 0.3 is 0 Å². The van der Waals surface area contributed by atoms with Crippen LogP contribution in [0.1, 0.15) is 18.4 Å². The van der Waals surface area contributed by atoms with Crippen LogP contribution in [-0.2, 0) is 21.1 Å². The van der Waals surface area contributed by atoms with E-state index in [1.807, 2.05) is 11.9 Å². The van der Waals surface area contributed by atoms with Crippen LogP contribution in [0, 0.1) is 5.82 Å². The second-order valence-corrected chi connectivity index (χ2v) is 8.21. The molecule has 0 saturated carbocycles. The van der Waals surface area contributed by atoms with Crippen molar-refractivity contribution >= 4 is 15.7 Å². The van der Waals surface area contributed by atoms with Crippen molar-refractivity contribution in [2.75, 3.05) is 31.6 Å². The second kappa shape index (κ2) is 7.88. The van der Waals surface area contributed by atoms with Crippen molar-refractivity contribution in [2.24, 2.45) is 0 Å². The minimum atomic E-state index is -2.91. The maximum atomic E-state index is 13.4. The fraction of sp³-hybridized carbons (Fsp3) is 0.562. The van der Waals surface area contributed by atoms with E-state index in [0.29, 0.717) is 37.9 Å². The van der Waals surface area contributed by atoms with Crippen LogP contribution in [0.4, 0.5) is 4.39 Å². The van der Waals surface area contributed by atoms with Gasteiger partial charge in [-0.2, -0.15) is 0 Å². The predicted octanol–water partition coefficient (Wildman–Crippen LogP) is 0.993. The molecule has 0 aliphatic carbocycles. The summed E-state index contributed by atoms with van der Waals surface area (Å²) in [7, 11) is -1.06. The van der Waals surface area contributed by atoms with E-state index in [0.717, 1.165) is 0 Å². The van der Waals surface area contributed by atoms with Gasteiger partial charge in [-0.25, -0.2) is 12.8 Å². The van der Waals surface area contributed by atoms with E-state index in [-0.39, 0.29) is 29.3 Å². The van der Waals surface area contributed by atoms with Crippen LogP contribution >= 0.6 is 0 Å². The number of hydrogen-bond acceptors (Lipinski definition) is 4. The zero-order valence-corrected chi connectivity index (χ0v) is 14.1. The van der Waals surface area contributed by atoms with Gasteiger partial charge in [-0.05, 0) is 31.5 Å². The van der Waals surface area contributed by atoms with Crippen LogP contribution in [0.15, 0.2) is 24.3 Å². The molecule has 1 N–H and O–H groups in total. The SMILES string of the molecule is CN(CCC(=O)NCCc1ccccc1F)C1CCS(=O)(=O)C1. The summed E-state index contributed by atoms with van der Waals surface area (Å²) in [5.41, 5.74) is 0.584. The van der Waals surface area contributed by atoms with Gasteiger partial charge < -0.3 is 10.2 Å². The van der Waals surface area contributed by atoms with Gasteiger partial charge in [0.05, 0.1) is 11.5 Å². The molecule has 1 aliphatic rings. The van der Waals surface area contributed by atoms with Crippen LogP contribution in [0.25, 0.3) is 0 Å². The summed E-state index contributed by atoms with van der Waals surface area (Å²) in [6.07, 6.45) is 1.40. The smallest absolute Gasteiger partial charge is 0.221 e. The quantitative estimate of drug-likeness (QED) is 0.803. The minimum absolute atomic E-state index is 0.00575. The second-order valence-electron chi connectivity index (χ2n) is 5.98. The first-order valence-corrected chi connectivity index (χ1v) is 9.60. The summed E-state index contributed by atoms with van der Waals surface area (Å²) in [4.78, 5) is 13.7. The summed E-state index contributed by atoms with van der Waals surface area (Å²) < 4.78 is 36.3. The molecule has 128 valence electrons. The third-order valence-electron chi connectivity index (χ3n) is 4.20. The molecule has 1 heterocycles. The van der Waals surface area contributed by atoms with Gasteiger partial charge in [-0.1, -0.05) is 18.2 Å². The van der Waals surface area contributed by atoms with E-state index in [4.69, 9.17) is 0 Å². The summed E-state index contributed by atoms with van der Waals surface area (Å²) in [5, 5.41) is 2.77. The largest absolute Gasteiger partial charge is 0.356 e. The van der Waals surface area contributed by atoms with Gasteiger partial charge in [0.2, 0.25) is 5.91 Å². The Morgan fingerprint density at radius 2 is 2.13 bits per heavy atom. The number of nitrogens with zero attached hydrogens (tertiary/aromatic N) is 1. The molecule has 2 rings (SSSR count). The molecule has 1 amide bonds. The minimum Gasteiger partial charge on any atom is -0.356 e. The van der Waals surface area contributed by atoms with E-state index in [2.05, 4.69) is 5.32 Å². The lowest BCUT2D eigenvalue weighted by molar-refractivity contribution is -0.121. The van der Waals surface area contributed by atoms with E-state index < -0.39 is 9.84 Å². The van der Waals surface area contributed by atoms with Crippen molar-refractivity contribution in [2.45, 2.75) is 25.3 Å². The number of benzene rings is 1. The van der Waals surface area contributed by atoms with E-state index in [1.165, 1.54) is 6.07 Å². The Bertz CT molecular complexity index is 648. The van der Waals surface area contributed by atoms with Gasteiger partial charge in [-0.15, -0.1) is 0 Å². The molecule has 23 heavy (non-hydrogen) atoms. The molecular formula is C16H23FN2O3S. The third-order valence-corrected chi connectivity index (χ3v) is 5.95. The molecule has 1 unspecified atom stereocenters. The first-order valence-electron chi connectivity index (χ1n) is 7.78. The summed E-state index contributed by atoms with van der Waals surface area (Å²) in [5.74, 6) is 0.0490. The highest BCUT2D eigenvalue weighted by atomic mass is 32.2. The molecule has 1 aromatic rings. The average molecular weight is 342 g/mol. The van der Waals surface area contributed by atoms with Crippen LogP contribution in [-0.4, -0.2) is 56.9 Å². The highest BCUT2D eigenvalue weighted by Gasteiger charge is 2.30. The molecule has 0 spiro atoms. The monoisotopic (exact) mass is 342 g/mol. The molecular weight excluding hydrogens is 319 g/mol. The molecule has 7 heteroatoms. The van der Waals surface area contributed by atoms with E-state index >= 15 is 0 Å². The van der Waals surface area contributed by atoms with Crippen LogP contribution < -0.4 is 5.32 Å². The highest BCUT2D eigenvalue weighted by molar-refractivity contribution is 7.91. The van der Waals surface area contributed by atoms with Crippen molar-refractivity contribution < 1.29 is 17.6 Å². The Hall–Kier alpha value is -1.47. The number of halogens is 1. The first-order chi connectivity index (χ1) is 10.9. The summed E-state index contributed by atoms with van der Waals surface area (Å²) in [6.45, 7) is 0.910. The molecule has 1 fully saturated rings. The standard InChI is InChI=1S/C16H23FN2O3S/c1-19(14-8-11-23(21,22)12-14)10-7-16(20)18-9-6-13-4-2-3-5-15(13)17/h2-5,14H,6-12H2,1H3,(H,18,20). The fourth-order valence-electron chi connectivity index (χ4n) is 2.71. The Morgan fingerprint density at radius 1 is 1.39 bits per heavy atom. The summed E-state index contributed by atoms with van der Waals surface area (Å²) in [6, 6.07) is 6.52. The number of carbonyl (C=O) groups is 1. The molecule has 0 bridgehead atoms. The number of hydrogen-bond donors (Lipinski definition) is 1. The van der Waals surface area contributed by atoms with Crippen LogP contribution in [0.3, 0.4) is 0 Å². The molecule has 5 nitrogen and oxygen atoms in total. The third kappa shape index (κ3) is 5.58. The molecule has 1 aliphatic heterocycles. The fourth-order valence-corrected chi connectivity index (χ4v) is 4.51. The van der Waals surface area contributed by atoms with Gasteiger partial charge in [0, 0.05) is 25.6 Å². The van der Waals surface area contributed by atoms with Crippen molar-refractivity contribution in [1.29, 1.82) is 0 Å². The Balaban J connectivity index is 1.66. The van der Waals surface area contributed by atoms with Crippen molar-refractivity contribution in [3.63, 3.8) is 0 Å². The van der Waals surface area contributed by atoms with Gasteiger partial charge in [0.1, 0.15) is 5.82 Å². The van der Waals surface area contributed by atoms with E-state index in [9.17, 15) is 17.6 Å². The number of nitrogens with one attached hydrogen (secondary N) is 1. The van der Waals surface area contributed by atoms with Crippen molar-refractivity contribution in [1.82, 2.24) is 10.2 Å². The normalized spacial score (nSPS) is 19.9.